The Morgan fingerprint density at radius 1 is 0.800 bits per heavy atom. The number of carbonyl (C=O) groups excluding carboxylic acids is 2. The summed E-state index contributed by atoms with van der Waals surface area (Å²) >= 11 is 0. The van der Waals surface area contributed by atoms with Crippen LogP contribution in [0.1, 0.15) is 41.5 Å². The second kappa shape index (κ2) is 5.08. The Balaban J connectivity index is 2.89. The van der Waals surface area contributed by atoms with Gasteiger partial charge in [-0.3, -0.25) is 0 Å². The summed E-state index contributed by atoms with van der Waals surface area (Å²) in [4.78, 5) is 23.4. The first kappa shape index (κ1) is 16.5. The van der Waals surface area contributed by atoms with E-state index in [2.05, 4.69) is 13.2 Å². The molecular weight excluding hydrogens is 256 g/mol. The average Bonchev–Trinajstić information content (AvgIpc) is 2.30. The Morgan fingerprint density at radius 2 is 1.05 bits per heavy atom. The summed E-state index contributed by atoms with van der Waals surface area (Å²) in [6, 6.07) is 0. The molecule has 0 aromatic carbocycles. The molecule has 0 aromatic heterocycles. The molecule has 4 nitrogen and oxygen atoms in total. The van der Waals surface area contributed by atoms with Crippen LogP contribution in [-0.4, -0.2) is 24.1 Å². The number of esters is 2. The molecule has 1 saturated carbocycles. The standard InChI is InChI=1S/C16H24O4/c1-9(2)11(17)19-13-15(5,6)14(16(13,7)8)20-12(18)10(3)4/h13-14H,1,3H2,2,4-8H3. The highest BCUT2D eigenvalue weighted by Crippen LogP contribution is 2.57. The van der Waals surface area contributed by atoms with Crippen LogP contribution < -0.4 is 0 Å². The van der Waals surface area contributed by atoms with Gasteiger partial charge in [-0.25, -0.2) is 9.59 Å². The summed E-state index contributed by atoms with van der Waals surface area (Å²) < 4.78 is 11.0. The number of hydrogen-bond acceptors (Lipinski definition) is 4. The second-order valence-corrected chi connectivity index (χ2v) is 6.77. The lowest BCUT2D eigenvalue weighted by Crippen LogP contribution is -2.69. The molecule has 0 aliphatic heterocycles. The Morgan fingerprint density at radius 3 is 1.25 bits per heavy atom. The number of ether oxygens (including phenoxy) is 2. The maximum Gasteiger partial charge on any atom is 0.333 e. The topological polar surface area (TPSA) is 52.6 Å². The van der Waals surface area contributed by atoms with Crippen molar-refractivity contribution in [3.05, 3.63) is 24.3 Å². The fourth-order valence-corrected chi connectivity index (χ4v) is 3.12. The Bertz CT molecular complexity index is 415. The van der Waals surface area contributed by atoms with Gasteiger partial charge in [0.05, 0.1) is 0 Å². The summed E-state index contributed by atoms with van der Waals surface area (Å²) in [5.74, 6) is -0.832. The van der Waals surface area contributed by atoms with E-state index in [4.69, 9.17) is 9.47 Å². The highest BCUT2D eigenvalue weighted by molar-refractivity contribution is 5.88. The fourth-order valence-electron chi connectivity index (χ4n) is 3.12. The summed E-state index contributed by atoms with van der Waals surface area (Å²) in [7, 11) is 0. The van der Waals surface area contributed by atoms with E-state index >= 15 is 0 Å². The van der Waals surface area contributed by atoms with Crippen molar-refractivity contribution in [1.82, 2.24) is 0 Å². The van der Waals surface area contributed by atoms with Gasteiger partial charge in [0.15, 0.2) is 0 Å². The van der Waals surface area contributed by atoms with Gasteiger partial charge < -0.3 is 9.47 Å². The van der Waals surface area contributed by atoms with Crippen LogP contribution in [0, 0.1) is 10.8 Å². The van der Waals surface area contributed by atoms with Crippen molar-refractivity contribution in [3.63, 3.8) is 0 Å². The van der Waals surface area contributed by atoms with Crippen molar-refractivity contribution in [2.45, 2.75) is 53.8 Å². The van der Waals surface area contributed by atoms with E-state index < -0.39 is 22.8 Å². The summed E-state index contributed by atoms with van der Waals surface area (Å²) in [6.07, 6.45) is -0.663. The van der Waals surface area contributed by atoms with Gasteiger partial charge in [0, 0.05) is 22.0 Å². The van der Waals surface area contributed by atoms with Crippen molar-refractivity contribution < 1.29 is 19.1 Å². The Kier molecular flexibility index (Phi) is 4.18. The normalized spacial score (nSPS) is 26.1. The molecule has 20 heavy (non-hydrogen) atoms. The minimum atomic E-state index is -0.445. The van der Waals surface area contributed by atoms with Crippen molar-refractivity contribution in [2.24, 2.45) is 10.8 Å². The van der Waals surface area contributed by atoms with Gasteiger partial charge in [0.1, 0.15) is 12.2 Å². The van der Waals surface area contributed by atoms with Crippen LogP contribution in [-0.2, 0) is 19.1 Å². The van der Waals surface area contributed by atoms with Gasteiger partial charge in [0.2, 0.25) is 0 Å². The molecule has 0 amide bonds. The predicted molar refractivity (Wildman–Crippen MR) is 77.0 cm³/mol. The van der Waals surface area contributed by atoms with Crippen LogP contribution in [0.4, 0.5) is 0 Å². The first-order valence-electron chi connectivity index (χ1n) is 6.65. The van der Waals surface area contributed by atoms with Crippen LogP contribution in [0.5, 0.6) is 0 Å². The third kappa shape index (κ3) is 2.65. The molecule has 112 valence electrons. The number of carbonyl (C=O) groups is 2. The van der Waals surface area contributed by atoms with Gasteiger partial charge in [-0.1, -0.05) is 40.9 Å². The predicted octanol–water partition coefficient (Wildman–Crippen LogP) is 3.03. The molecule has 0 unspecified atom stereocenters. The smallest absolute Gasteiger partial charge is 0.333 e. The van der Waals surface area contributed by atoms with Crippen molar-refractivity contribution in [1.29, 1.82) is 0 Å². The summed E-state index contributed by atoms with van der Waals surface area (Å²) in [5.41, 5.74) is -0.169. The SMILES string of the molecule is C=C(C)C(=O)OC1C(C)(C)C(OC(=O)C(=C)C)C1(C)C. The minimum Gasteiger partial charge on any atom is -0.458 e. The first-order valence-corrected chi connectivity index (χ1v) is 6.65. The van der Waals surface area contributed by atoms with Crippen LogP contribution in [0.25, 0.3) is 0 Å². The monoisotopic (exact) mass is 280 g/mol. The van der Waals surface area contributed by atoms with Crippen LogP contribution >= 0.6 is 0 Å². The highest BCUT2D eigenvalue weighted by atomic mass is 16.6. The molecule has 0 spiro atoms. The molecule has 0 radical (unpaired) electrons. The molecule has 0 heterocycles. The largest absolute Gasteiger partial charge is 0.458 e. The van der Waals surface area contributed by atoms with Crippen molar-refractivity contribution >= 4 is 11.9 Å². The molecular formula is C16H24O4. The average molecular weight is 280 g/mol. The van der Waals surface area contributed by atoms with E-state index in [0.717, 1.165) is 0 Å². The minimum absolute atomic E-state index is 0.331. The Hall–Kier alpha value is -1.58. The molecule has 0 N–H and O–H groups in total. The molecule has 0 saturated heterocycles. The van der Waals surface area contributed by atoms with Gasteiger partial charge in [-0.15, -0.1) is 0 Å². The number of rotatable bonds is 4. The van der Waals surface area contributed by atoms with E-state index in [0.29, 0.717) is 11.1 Å². The van der Waals surface area contributed by atoms with Gasteiger partial charge in [0.25, 0.3) is 0 Å². The lowest BCUT2D eigenvalue weighted by Gasteiger charge is -2.61. The van der Waals surface area contributed by atoms with E-state index in [1.807, 2.05) is 27.7 Å². The van der Waals surface area contributed by atoms with E-state index in [1.54, 1.807) is 13.8 Å². The molecule has 4 heteroatoms. The van der Waals surface area contributed by atoms with Gasteiger partial charge in [-0.2, -0.15) is 0 Å². The molecule has 0 atom stereocenters. The maximum absolute atomic E-state index is 11.7. The molecule has 1 aliphatic carbocycles. The molecule has 1 fully saturated rings. The van der Waals surface area contributed by atoms with Gasteiger partial charge >= 0.3 is 11.9 Å². The summed E-state index contributed by atoms with van der Waals surface area (Å²) in [5, 5.41) is 0. The maximum atomic E-state index is 11.7. The quantitative estimate of drug-likeness (QED) is 0.586. The zero-order chi connectivity index (χ0) is 15.9. The van der Waals surface area contributed by atoms with Crippen molar-refractivity contribution in [2.75, 3.05) is 0 Å². The molecule has 0 bridgehead atoms. The van der Waals surface area contributed by atoms with E-state index in [9.17, 15) is 9.59 Å². The number of hydrogen-bond donors (Lipinski definition) is 0. The van der Waals surface area contributed by atoms with Crippen LogP contribution in [0.15, 0.2) is 24.3 Å². The zero-order valence-electron chi connectivity index (χ0n) is 13.2. The molecule has 1 aliphatic rings. The molecule has 0 aromatic rings. The second-order valence-electron chi connectivity index (χ2n) is 6.77. The van der Waals surface area contributed by atoms with E-state index in [1.165, 1.54) is 0 Å². The molecule has 1 rings (SSSR count). The third-order valence-corrected chi connectivity index (χ3v) is 3.85. The lowest BCUT2D eigenvalue weighted by molar-refractivity contribution is -0.265. The van der Waals surface area contributed by atoms with Crippen LogP contribution in [0.3, 0.4) is 0 Å². The third-order valence-electron chi connectivity index (χ3n) is 3.85. The van der Waals surface area contributed by atoms with E-state index in [-0.39, 0.29) is 12.2 Å². The van der Waals surface area contributed by atoms with Crippen LogP contribution in [0.2, 0.25) is 0 Å². The zero-order valence-corrected chi connectivity index (χ0v) is 13.2. The highest BCUT2D eigenvalue weighted by Gasteiger charge is 2.66. The van der Waals surface area contributed by atoms with Gasteiger partial charge in [-0.05, 0) is 13.8 Å². The fraction of sp³-hybridized carbons (Fsp3) is 0.625. The first-order chi connectivity index (χ1) is 8.92. The Labute approximate surface area is 120 Å². The summed E-state index contributed by atoms with van der Waals surface area (Å²) in [6.45, 7) is 18.1. The van der Waals surface area contributed by atoms with Crippen molar-refractivity contribution in [3.8, 4) is 0 Å². The lowest BCUT2D eigenvalue weighted by atomic mass is 9.51.